The van der Waals surface area contributed by atoms with Crippen molar-refractivity contribution in [2.75, 3.05) is 18.0 Å². The number of aromatic carboxylic acids is 1. The van der Waals surface area contributed by atoms with Crippen molar-refractivity contribution >= 4 is 11.7 Å². The number of rotatable bonds is 3. The van der Waals surface area contributed by atoms with E-state index in [2.05, 4.69) is 10.1 Å². The van der Waals surface area contributed by atoms with Gasteiger partial charge in [-0.2, -0.15) is 0 Å². The van der Waals surface area contributed by atoms with E-state index in [0.717, 1.165) is 31.6 Å². The average molecular weight is 290 g/mol. The van der Waals surface area contributed by atoms with Gasteiger partial charge in [-0.25, -0.2) is 9.18 Å². The van der Waals surface area contributed by atoms with E-state index in [9.17, 15) is 9.18 Å². The van der Waals surface area contributed by atoms with Crippen LogP contribution in [-0.4, -0.2) is 29.3 Å². The number of nitrogens with zero attached hydrogens (tertiary/aromatic N) is 2. The highest BCUT2D eigenvalue weighted by molar-refractivity contribution is 5.87. The molecule has 1 aliphatic rings. The van der Waals surface area contributed by atoms with Crippen molar-refractivity contribution in [1.29, 1.82) is 0 Å². The zero-order valence-electron chi connectivity index (χ0n) is 11.4. The lowest BCUT2D eigenvalue weighted by atomic mass is 10.0. The van der Waals surface area contributed by atoms with Crippen molar-refractivity contribution in [3.05, 3.63) is 35.8 Å². The molecule has 0 atom stereocenters. The molecule has 0 unspecified atom stereocenters. The van der Waals surface area contributed by atoms with E-state index < -0.39 is 5.97 Å². The van der Waals surface area contributed by atoms with Crippen molar-refractivity contribution in [3.63, 3.8) is 0 Å². The summed E-state index contributed by atoms with van der Waals surface area (Å²) in [7, 11) is 0. The Morgan fingerprint density at radius 3 is 2.67 bits per heavy atom. The highest BCUT2D eigenvalue weighted by atomic mass is 19.1. The molecule has 0 radical (unpaired) electrons. The molecule has 1 aromatic carbocycles. The predicted molar refractivity (Wildman–Crippen MR) is 74.9 cm³/mol. The Morgan fingerprint density at radius 1 is 1.24 bits per heavy atom. The maximum atomic E-state index is 13.6. The van der Waals surface area contributed by atoms with Gasteiger partial charge in [0, 0.05) is 30.4 Å². The van der Waals surface area contributed by atoms with Crippen LogP contribution < -0.4 is 4.90 Å². The third-order valence-corrected chi connectivity index (χ3v) is 3.65. The molecule has 1 N–H and O–H groups in total. The first-order valence-corrected chi connectivity index (χ1v) is 6.90. The van der Waals surface area contributed by atoms with Crippen LogP contribution in [0, 0.1) is 5.82 Å². The van der Waals surface area contributed by atoms with Crippen LogP contribution in [0.2, 0.25) is 0 Å². The molecule has 6 heteroatoms. The summed E-state index contributed by atoms with van der Waals surface area (Å²) in [6, 6.07) is 5.81. The molecule has 0 saturated carbocycles. The molecule has 21 heavy (non-hydrogen) atoms. The Labute approximate surface area is 121 Å². The third kappa shape index (κ3) is 2.74. The van der Waals surface area contributed by atoms with E-state index in [1.807, 2.05) is 0 Å². The fourth-order valence-electron chi connectivity index (χ4n) is 2.63. The maximum absolute atomic E-state index is 13.6. The zero-order chi connectivity index (χ0) is 14.8. The molecule has 1 aliphatic heterocycles. The summed E-state index contributed by atoms with van der Waals surface area (Å²) < 4.78 is 18.3. The van der Waals surface area contributed by atoms with Gasteiger partial charge in [0.2, 0.25) is 5.76 Å². The summed E-state index contributed by atoms with van der Waals surface area (Å²) in [5, 5.41) is 12.7. The van der Waals surface area contributed by atoms with Crippen LogP contribution in [0.4, 0.5) is 10.1 Å². The monoisotopic (exact) mass is 290 g/mol. The number of halogens is 1. The summed E-state index contributed by atoms with van der Waals surface area (Å²) in [6.07, 6.45) is 3.38. The van der Waals surface area contributed by atoms with Gasteiger partial charge in [0.15, 0.2) is 0 Å². The number of hydrogen-bond donors (Lipinski definition) is 1. The van der Waals surface area contributed by atoms with Crippen LogP contribution >= 0.6 is 0 Å². The Kier molecular flexibility index (Phi) is 3.60. The topological polar surface area (TPSA) is 66.6 Å². The third-order valence-electron chi connectivity index (χ3n) is 3.65. The minimum atomic E-state index is -1.19. The van der Waals surface area contributed by atoms with Gasteiger partial charge < -0.3 is 14.5 Å². The summed E-state index contributed by atoms with van der Waals surface area (Å²) in [5.41, 5.74) is 1.77. The van der Waals surface area contributed by atoms with Crippen LogP contribution in [0.15, 0.2) is 28.8 Å². The van der Waals surface area contributed by atoms with Gasteiger partial charge in [-0.1, -0.05) is 5.16 Å². The SMILES string of the molecule is O=C(O)c1cc(-c2cc(F)ccc2N2CCCCC2)no1. The number of carboxylic acid groups (broad SMARTS) is 1. The van der Waals surface area contributed by atoms with Crippen molar-refractivity contribution in [2.24, 2.45) is 0 Å². The van der Waals surface area contributed by atoms with Gasteiger partial charge in [-0.3, -0.25) is 0 Å². The average Bonchev–Trinajstić information content (AvgIpc) is 2.98. The van der Waals surface area contributed by atoms with E-state index in [1.54, 1.807) is 6.07 Å². The lowest BCUT2D eigenvalue weighted by molar-refractivity contribution is 0.0652. The molecule has 5 nitrogen and oxygen atoms in total. The van der Waals surface area contributed by atoms with Gasteiger partial charge in [-0.15, -0.1) is 0 Å². The molecular formula is C15H15FN2O3. The highest BCUT2D eigenvalue weighted by Gasteiger charge is 2.20. The highest BCUT2D eigenvalue weighted by Crippen LogP contribution is 2.33. The van der Waals surface area contributed by atoms with Crippen LogP contribution in [0.3, 0.4) is 0 Å². The molecule has 3 rings (SSSR count). The molecule has 2 heterocycles. The molecule has 1 fully saturated rings. The molecule has 1 aromatic heterocycles. The maximum Gasteiger partial charge on any atom is 0.374 e. The van der Waals surface area contributed by atoms with E-state index >= 15 is 0 Å². The van der Waals surface area contributed by atoms with Crippen LogP contribution in [0.5, 0.6) is 0 Å². The molecule has 2 aromatic rings. The minimum absolute atomic E-state index is 0.251. The Bertz CT molecular complexity index is 663. The molecule has 1 saturated heterocycles. The molecular weight excluding hydrogens is 275 g/mol. The number of carbonyl (C=O) groups is 1. The van der Waals surface area contributed by atoms with E-state index in [-0.39, 0.29) is 11.6 Å². The molecule has 0 aliphatic carbocycles. The second-order valence-electron chi connectivity index (χ2n) is 5.09. The molecule has 110 valence electrons. The van der Waals surface area contributed by atoms with Crippen molar-refractivity contribution in [2.45, 2.75) is 19.3 Å². The number of carboxylic acids is 1. The van der Waals surface area contributed by atoms with Crippen molar-refractivity contribution < 1.29 is 18.8 Å². The zero-order valence-corrected chi connectivity index (χ0v) is 11.4. The van der Waals surface area contributed by atoms with Gasteiger partial charge in [0.25, 0.3) is 0 Å². The van der Waals surface area contributed by atoms with Gasteiger partial charge in [-0.05, 0) is 37.5 Å². The van der Waals surface area contributed by atoms with Crippen LogP contribution in [0.1, 0.15) is 29.8 Å². The standard InChI is InChI=1S/C15H15FN2O3/c16-10-4-5-13(18-6-2-1-3-7-18)11(8-10)12-9-14(15(19)20)21-17-12/h4-5,8-9H,1-3,6-7H2,(H,19,20). The number of aromatic nitrogens is 1. The summed E-state index contributed by atoms with van der Waals surface area (Å²) in [5.74, 6) is -1.82. The Balaban J connectivity index is 2.02. The smallest absolute Gasteiger partial charge is 0.374 e. The summed E-state index contributed by atoms with van der Waals surface area (Å²) >= 11 is 0. The lowest BCUT2D eigenvalue weighted by Gasteiger charge is -2.30. The van der Waals surface area contributed by atoms with Crippen molar-refractivity contribution in [3.8, 4) is 11.3 Å². The molecule has 0 bridgehead atoms. The Hall–Kier alpha value is -2.37. The van der Waals surface area contributed by atoms with E-state index in [0.29, 0.717) is 11.3 Å². The Morgan fingerprint density at radius 2 is 2.00 bits per heavy atom. The number of piperidine rings is 1. The van der Waals surface area contributed by atoms with Gasteiger partial charge in [0.1, 0.15) is 11.5 Å². The number of benzene rings is 1. The minimum Gasteiger partial charge on any atom is -0.475 e. The number of anilines is 1. The predicted octanol–water partition coefficient (Wildman–Crippen LogP) is 3.17. The summed E-state index contributed by atoms with van der Waals surface area (Å²) in [4.78, 5) is 13.1. The van der Waals surface area contributed by atoms with Gasteiger partial charge in [0.05, 0.1) is 0 Å². The second-order valence-corrected chi connectivity index (χ2v) is 5.09. The van der Waals surface area contributed by atoms with Gasteiger partial charge >= 0.3 is 5.97 Å². The largest absolute Gasteiger partial charge is 0.475 e. The fourth-order valence-corrected chi connectivity index (χ4v) is 2.63. The van der Waals surface area contributed by atoms with Crippen LogP contribution in [0.25, 0.3) is 11.3 Å². The first kappa shape index (κ1) is 13.6. The van der Waals surface area contributed by atoms with E-state index in [4.69, 9.17) is 9.63 Å². The van der Waals surface area contributed by atoms with Crippen molar-refractivity contribution in [1.82, 2.24) is 5.16 Å². The first-order chi connectivity index (χ1) is 10.1. The fraction of sp³-hybridized carbons (Fsp3) is 0.333. The molecule has 0 amide bonds. The second kappa shape index (κ2) is 5.55. The van der Waals surface area contributed by atoms with E-state index in [1.165, 1.54) is 24.6 Å². The summed E-state index contributed by atoms with van der Waals surface area (Å²) in [6.45, 7) is 1.81. The molecule has 0 spiro atoms. The quantitative estimate of drug-likeness (QED) is 0.940. The first-order valence-electron chi connectivity index (χ1n) is 6.90. The lowest BCUT2D eigenvalue weighted by Crippen LogP contribution is -2.29. The normalized spacial score (nSPS) is 15.2. The number of hydrogen-bond acceptors (Lipinski definition) is 4. The van der Waals surface area contributed by atoms with Crippen LogP contribution in [-0.2, 0) is 0 Å².